The van der Waals surface area contributed by atoms with Crippen molar-refractivity contribution in [1.82, 2.24) is 4.90 Å². The Morgan fingerprint density at radius 3 is 2.22 bits per heavy atom. The predicted molar refractivity (Wildman–Crippen MR) is 77.8 cm³/mol. The molecule has 0 spiro atoms. The zero-order chi connectivity index (χ0) is 13.7. The Hall–Kier alpha value is -1.35. The Morgan fingerprint density at radius 1 is 1.22 bits per heavy atom. The maximum Gasteiger partial charge on any atom is 0.122 e. The van der Waals surface area contributed by atoms with Crippen molar-refractivity contribution in [2.45, 2.75) is 39.8 Å². The average molecular weight is 247 g/mol. The summed E-state index contributed by atoms with van der Waals surface area (Å²) in [7, 11) is 2.16. The number of rotatable bonds is 6. The van der Waals surface area contributed by atoms with Crippen molar-refractivity contribution in [3.8, 4) is 0 Å². The molecule has 3 heteroatoms. The van der Waals surface area contributed by atoms with Gasteiger partial charge in [0.15, 0.2) is 0 Å². The van der Waals surface area contributed by atoms with Crippen LogP contribution in [0.15, 0.2) is 24.3 Å². The second-order valence-corrected chi connectivity index (χ2v) is 5.50. The van der Waals surface area contributed by atoms with Crippen molar-refractivity contribution < 1.29 is 0 Å². The van der Waals surface area contributed by atoms with Crippen molar-refractivity contribution in [2.24, 2.45) is 11.7 Å². The second-order valence-electron chi connectivity index (χ2n) is 5.50. The third-order valence-electron chi connectivity index (χ3n) is 3.26. The molecule has 0 amide bonds. The van der Waals surface area contributed by atoms with Gasteiger partial charge in [-0.05, 0) is 31.9 Å². The van der Waals surface area contributed by atoms with Crippen LogP contribution in [0.4, 0.5) is 0 Å². The molecule has 100 valence electrons. The minimum atomic E-state index is 0.128. The van der Waals surface area contributed by atoms with Crippen molar-refractivity contribution in [1.29, 1.82) is 5.41 Å². The Morgan fingerprint density at radius 2 is 1.78 bits per heavy atom. The van der Waals surface area contributed by atoms with Gasteiger partial charge in [0.25, 0.3) is 0 Å². The molecular weight excluding hydrogens is 222 g/mol. The van der Waals surface area contributed by atoms with Crippen LogP contribution >= 0.6 is 0 Å². The lowest BCUT2D eigenvalue weighted by Gasteiger charge is -2.26. The van der Waals surface area contributed by atoms with E-state index in [0.717, 1.165) is 18.0 Å². The third-order valence-corrected chi connectivity index (χ3v) is 3.26. The first-order valence-electron chi connectivity index (χ1n) is 6.53. The van der Waals surface area contributed by atoms with Gasteiger partial charge in [-0.1, -0.05) is 38.1 Å². The van der Waals surface area contributed by atoms with Gasteiger partial charge in [-0.2, -0.15) is 0 Å². The van der Waals surface area contributed by atoms with Crippen LogP contribution in [-0.2, 0) is 6.54 Å². The number of hydrogen-bond acceptors (Lipinski definition) is 2. The van der Waals surface area contributed by atoms with Gasteiger partial charge in [-0.25, -0.2) is 0 Å². The molecule has 0 bridgehead atoms. The molecule has 1 atom stereocenters. The molecule has 1 aromatic rings. The molecule has 0 aromatic heterocycles. The van der Waals surface area contributed by atoms with Crippen LogP contribution in [0.2, 0.25) is 0 Å². The van der Waals surface area contributed by atoms with Gasteiger partial charge in [0.2, 0.25) is 0 Å². The Kier molecular flexibility index (Phi) is 5.35. The molecule has 3 nitrogen and oxygen atoms in total. The molecule has 0 aliphatic carbocycles. The Labute approximate surface area is 111 Å². The first kappa shape index (κ1) is 14.7. The highest BCUT2D eigenvalue weighted by Gasteiger charge is 2.11. The number of nitrogens with one attached hydrogen (secondary N) is 1. The van der Waals surface area contributed by atoms with Crippen LogP contribution in [0.3, 0.4) is 0 Å². The van der Waals surface area contributed by atoms with E-state index in [1.807, 2.05) is 12.1 Å². The standard InChI is InChI=1S/C15H25N3/c1-11(2)9-12(3)18(4)10-13-5-7-14(8-6-13)15(16)17/h5-8,11-12H,9-10H2,1-4H3,(H3,16,17). The van der Waals surface area contributed by atoms with Crippen molar-refractivity contribution in [2.75, 3.05) is 7.05 Å². The number of nitrogen functional groups attached to an aromatic ring is 1. The summed E-state index contributed by atoms with van der Waals surface area (Å²) in [5.41, 5.74) is 7.49. The fraction of sp³-hybridized carbons (Fsp3) is 0.533. The summed E-state index contributed by atoms with van der Waals surface area (Å²) in [5.74, 6) is 0.852. The fourth-order valence-electron chi connectivity index (χ4n) is 2.10. The first-order chi connectivity index (χ1) is 8.40. The fourth-order valence-corrected chi connectivity index (χ4v) is 2.10. The van der Waals surface area contributed by atoms with Crippen molar-refractivity contribution in [3.05, 3.63) is 35.4 Å². The van der Waals surface area contributed by atoms with Gasteiger partial charge in [-0.15, -0.1) is 0 Å². The molecular formula is C15H25N3. The summed E-state index contributed by atoms with van der Waals surface area (Å²) in [6.45, 7) is 7.72. The number of nitrogens with zero attached hydrogens (tertiary/aromatic N) is 1. The lowest BCUT2D eigenvalue weighted by Crippen LogP contribution is -2.29. The van der Waals surface area contributed by atoms with Crippen molar-refractivity contribution >= 4 is 5.84 Å². The Balaban J connectivity index is 2.59. The van der Waals surface area contributed by atoms with E-state index in [2.05, 4.69) is 44.9 Å². The van der Waals surface area contributed by atoms with Crippen LogP contribution in [0.1, 0.15) is 38.3 Å². The van der Waals surface area contributed by atoms with E-state index in [1.54, 1.807) is 0 Å². The van der Waals surface area contributed by atoms with Crippen LogP contribution in [-0.4, -0.2) is 23.8 Å². The van der Waals surface area contributed by atoms with Crippen LogP contribution in [0.5, 0.6) is 0 Å². The topological polar surface area (TPSA) is 53.1 Å². The van der Waals surface area contributed by atoms with E-state index < -0.39 is 0 Å². The molecule has 1 unspecified atom stereocenters. The average Bonchev–Trinajstić information content (AvgIpc) is 2.28. The zero-order valence-corrected chi connectivity index (χ0v) is 11.9. The maximum atomic E-state index is 7.36. The van der Waals surface area contributed by atoms with Gasteiger partial charge in [-0.3, -0.25) is 10.3 Å². The smallest absolute Gasteiger partial charge is 0.122 e. The quantitative estimate of drug-likeness (QED) is 0.600. The summed E-state index contributed by atoms with van der Waals surface area (Å²) >= 11 is 0. The largest absolute Gasteiger partial charge is 0.384 e. The van der Waals surface area contributed by atoms with E-state index >= 15 is 0 Å². The molecule has 18 heavy (non-hydrogen) atoms. The number of hydrogen-bond donors (Lipinski definition) is 2. The lowest BCUT2D eigenvalue weighted by atomic mass is 10.0. The van der Waals surface area contributed by atoms with E-state index in [-0.39, 0.29) is 5.84 Å². The van der Waals surface area contributed by atoms with Crippen LogP contribution in [0.25, 0.3) is 0 Å². The summed E-state index contributed by atoms with van der Waals surface area (Å²) in [6, 6.07) is 8.51. The molecule has 3 N–H and O–H groups in total. The number of amidine groups is 1. The molecule has 1 rings (SSSR count). The summed E-state index contributed by atoms with van der Waals surface area (Å²) in [4.78, 5) is 2.36. The summed E-state index contributed by atoms with van der Waals surface area (Å²) in [6.07, 6.45) is 1.21. The van der Waals surface area contributed by atoms with Gasteiger partial charge in [0, 0.05) is 18.2 Å². The van der Waals surface area contributed by atoms with Crippen LogP contribution < -0.4 is 5.73 Å². The van der Waals surface area contributed by atoms with E-state index in [0.29, 0.717) is 6.04 Å². The van der Waals surface area contributed by atoms with E-state index in [4.69, 9.17) is 11.1 Å². The van der Waals surface area contributed by atoms with Gasteiger partial charge < -0.3 is 5.73 Å². The normalized spacial score (nSPS) is 13.0. The third kappa shape index (κ3) is 4.49. The SMILES string of the molecule is CC(C)CC(C)N(C)Cc1ccc(C(=N)N)cc1. The second kappa shape index (κ2) is 6.55. The molecule has 1 aromatic carbocycles. The molecule has 0 saturated carbocycles. The number of benzene rings is 1. The van der Waals surface area contributed by atoms with Crippen LogP contribution in [0, 0.1) is 11.3 Å². The highest BCUT2D eigenvalue weighted by Crippen LogP contribution is 2.13. The Bertz CT molecular complexity index is 381. The molecule has 0 aliphatic rings. The van der Waals surface area contributed by atoms with Gasteiger partial charge in [0.1, 0.15) is 5.84 Å². The predicted octanol–water partition coefficient (Wildman–Crippen LogP) is 2.84. The minimum absolute atomic E-state index is 0.128. The highest BCUT2D eigenvalue weighted by molar-refractivity contribution is 5.94. The van der Waals surface area contributed by atoms with Gasteiger partial charge in [0.05, 0.1) is 0 Å². The van der Waals surface area contributed by atoms with E-state index in [9.17, 15) is 0 Å². The zero-order valence-electron chi connectivity index (χ0n) is 11.9. The molecule has 0 aliphatic heterocycles. The monoisotopic (exact) mass is 247 g/mol. The minimum Gasteiger partial charge on any atom is -0.384 e. The molecule has 0 saturated heterocycles. The number of nitrogens with two attached hydrogens (primary N) is 1. The van der Waals surface area contributed by atoms with Gasteiger partial charge >= 0.3 is 0 Å². The molecule has 0 heterocycles. The maximum absolute atomic E-state index is 7.36. The molecule has 0 radical (unpaired) electrons. The first-order valence-corrected chi connectivity index (χ1v) is 6.53. The van der Waals surface area contributed by atoms with E-state index in [1.165, 1.54) is 12.0 Å². The summed E-state index contributed by atoms with van der Waals surface area (Å²) in [5, 5.41) is 7.36. The lowest BCUT2D eigenvalue weighted by molar-refractivity contribution is 0.220. The van der Waals surface area contributed by atoms with Crippen molar-refractivity contribution in [3.63, 3.8) is 0 Å². The molecule has 0 fully saturated rings. The highest BCUT2D eigenvalue weighted by atomic mass is 15.1. The summed E-state index contributed by atoms with van der Waals surface area (Å²) < 4.78 is 0.